The number of halogens is 1. The summed E-state index contributed by atoms with van der Waals surface area (Å²) < 4.78 is 10.3. The van der Waals surface area contributed by atoms with Crippen molar-refractivity contribution in [3.05, 3.63) is 54.0 Å². The van der Waals surface area contributed by atoms with Crippen molar-refractivity contribution in [2.24, 2.45) is 0 Å². The van der Waals surface area contributed by atoms with Gasteiger partial charge in [0.1, 0.15) is 5.75 Å². The molecule has 0 unspecified atom stereocenters. The Kier molecular flexibility index (Phi) is 5.31. The summed E-state index contributed by atoms with van der Waals surface area (Å²) in [7, 11) is 1.67. The van der Waals surface area contributed by atoms with Crippen LogP contribution in [0.2, 0.25) is 0 Å². The summed E-state index contributed by atoms with van der Waals surface area (Å²) in [6.07, 6.45) is 3.47. The van der Waals surface area contributed by atoms with Gasteiger partial charge in [-0.3, -0.25) is 4.90 Å². The fourth-order valence-corrected chi connectivity index (χ4v) is 2.20. The summed E-state index contributed by atoms with van der Waals surface area (Å²) in [6, 6.07) is 10.1. The topological polar surface area (TPSA) is 25.6 Å². The van der Waals surface area contributed by atoms with Crippen LogP contribution in [-0.4, -0.2) is 24.4 Å². The average Bonchev–Trinajstić information content (AvgIpc) is 2.93. The first-order valence-electron chi connectivity index (χ1n) is 6.24. The average molecular weight is 280 g/mol. The number of hydrogen-bond donors (Lipinski definition) is 0. The number of benzene rings is 1. The Balaban J connectivity index is 1.98. The lowest BCUT2D eigenvalue weighted by Gasteiger charge is -2.20. The first kappa shape index (κ1) is 14.0. The molecule has 1 aromatic heterocycles. The molecule has 0 spiro atoms. The van der Waals surface area contributed by atoms with Gasteiger partial charge in [0.15, 0.2) is 0 Å². The summed E-state index contributed by atoms with van der Waals surface area (Å²) in [6.45, 7) is 2.55. The lowest BCUT2D eigenvalue weighted by atomic mass is 10.2. The summed E-state index contributed by atoms with van der Waals surface area (Å²) in [4.78, 5) is 2.29. The van der Waals surface area contributed by atoms with Gasteiger partial charge in [0.25, 0.3) is 0 Å². The number of alkyl halides is 1. The molecule has 0 radical (unpaired) electrons. The molecule has 2 rings (SSSR count). The third-order valence-electron chi connectivity index (χ3n) is 2.95. The first-order valence-corrected chi connectivity index (χ1v) is 6.77. The maximum Gasteiger partial charge on any atom is 0.118 e. The van der Waals surface area contributed by atoms with Crippen LogP contribution >= 0.6 is 11.6 Å². The van der Waals surface area contributed by atoms with Gasteiger partial charge >= 0.3 is 0 Å². The molecular formula is C15H18ClNO2. The van der Waals surface area contributed by atoms with Crippen LogP contribution < -0.4 is 4.74 Å². The number of nitrogens with zero attached hydrogens (tertiary/aromatic N) is 1. The van der Waals surface area contributed by atoms with Gasteiger partial charge in [-0.15, -0.1) is 11.6 Å². The Morgan fingerprint density at radius 3 is 2.42 bits per heavy atom. The van der Waals surface area contributed by atoms with Crippen molar-refractivity contribution >= 4 is 11.6 Å². The number of methoxy groups -OCH3 is 1. The molecule has 0 N–H and O–H groups in total. The maximum atomic E-state index is 5.87. The van der Waals surface area contributed by atoms with Crippen molar-refractivity contribution < 1.29 is 9.15 Å². The highest BCUT2D eigenvalue weighted by Crippen LogP contribution is 2.14. The van der Waals surface area contributed by atoms with E-state index in [1.54, 1.807) is 19.6 Å². The second-order valence-electron chi connectivity index (χ2n) is 4.38. The van der Waals surface area contributed by atoms with Crippen molar-refractivity contribution in [1.82, 2.24) is 4.90 Å². The largest absolute Gasteiger partial charge is 0.497 e. The van der Waals surface area contributed by atoms with Gasteiger partial charge in [0, 0.05) is 31.1 Å². The molecule has 0 saturated carbocycles. The Morgan fingerprint density at radius 2 is 1.84 bits per heavy atom. The van der Waals surface area contributed by atoms with Gasteiger partial charge in [-0.1, -0.05) is 12.1 Å². The zero-order chi connectivity index (χ0) is 13.5. The van der Waals surface area contributed by atoms with E-state index in [1.807, 2.05) is 18.2 Å². The highest BCUT2D eigenvalue weighted by molar-refractivity contribution is 6.18. The zero-order valence-electron chi connectivity index (χ0n) is 11.0. The van der Waals surface area contributed by atoms with Crippen LogP contribution in [-0.2, 0) is 13.1 Å². The molecule has 19 heavy (non-hydrogen) atoms. The molecule has 3 nitrogen and oxygen atoms in total. The number of furan rings is 1. The fraction of sp³-hybridized carbons (Fsp3) is 0.333. The predicted molar refractivity (Wildman–Crippen MR) is 76.5 cm³/mol. The van der Waals surface area contributed by atoms with Gasteiger partial charge in [0.2, 0.25) is 0 Å². The molecule has 0 bridgehead atoms. The van der Waals surface area contributed by atoms with Gasteiger partial charge in [0.05, 0.1) is 19.6 Å². The van der Waals surface area contributed by atoms with Gasteiger partial charge < -0.3 is 9.15 Å². The summed E-state index contributed by atoms with van der Waals surface area (Å²) >= 11 is 5.87. The lowest BCUT2D eigenvalue weighted by Crippen LogP contribution is -2.24. The van der Waals surface area contributed by atoms with E-state index in [0.29, 0.717) is 5.88 Å². The molecule has 0 atom stereocenters. The van der Waals surface area contributed by atoms with Crippen molar-refractivity contribution in [3.8, 4) is 5.75 Å². The molecule has 0 aliphatic carbocycles. The van der Waals surface area contributed by atoms with Crippen molar-refractivity contribution in [2.45, 2.75) is 13.1 Å². The van der Waals surface area contributed by atoms with Crippen molar-refractivity contribution in [3.63, 3.8) is 0 Å². The standard InChI is InChI=1S/C15H18ClNO2/c1-18-15-4-2-13(3-5-15)10-17(8-7-16)11-14-6-9-19-12-14/h2-6,9,12H,7-8,10-11H2,1H3. The minimum atomic E-state index is 0.619. The minimum Gasteiger partial charge on any atom is -0.497 e. The van der Waals surface area contributed by atoms with Gasteiger partial charge in [-0.2, -0.15) is 0 Å². The predicted octanol–water partition coefficient (Wildman–Crippen LogP) is 3.53. The molecule has 1 aromatic carbocycles. The van der Waals surface area contributed by atoms with Crippen LogP contribution in [0.1, 0.15) is 11.1 Å². The van der Waals surface area contributed by atoms with E-state index in [1.165, 1.54) is 11.1 Å². The van der Waals surface area contributed by atoms with Crippen LogP contribution in [0.15, 0.2) is 47.3 Å². The van der Waals surface area contributed by atoms with E-state index < -0.39 is 0 Å². The monoisotopic (exact) mass is 279 g/mol. The Morgan fingerprint density at radius 1 is 1.11 bits per heavy atom. The van der Waals surface area contributed by atoms with E-state index in [-0.39, 0.29) is 0 Å². The Bertz CT molecular complexity index is 467. The third kappa shape index (κ3) is 4.30. The molecule has 0 aliphatic rings. The van der Waals surface area contributed by atoms with Crippen LogP contribution in [0.5, 0.6) is 5.75 Å². The molecule has 2 aromatic rings. The smallest absolute Gasteiger partial charge is 0.118 e. The Labute approximate surface area is 118 Å². The van der Waals surface area contributed by atoms with Crippen LogP contribution in [0.3, 0.4) is 0 Å². The number of rotatable bonds is 7. The van der Waals surface area contributed by atoms with E-state index in [0.717, 1.165) is 25.4 Å². The number of ether oxygens (including phenoxy) is 1. The SMILES string of the molecule is COc1ccc(CN(CCCl)Cc2ccoc2)cc1. The summed E-state index contributed by atoms with van der Waals surface area (Å²) in [5, 5.41) is 0. The molecule has 0 fully saturated rings. The zero-order valence-corrected chi connectivity index (χ0v) is 11.8. The molecule has 102 valence electrons. The van der Waals surface area contributed by atoms with E-state index in [2.05, 4.69) is 17.0 Å². The lowest BCUT2D eigenvalue weighted by molar-refractivity contribution is 0.272. The highest BCUT2D eigenvalue weighted by atomic mass is 35.5. The first-order chi connectivity index (χ1) is 9.31. The maximum absolute atomic E-state index is 5.87. The minimum absolute atomic E-state index is 0.619. The fourth-order valence-electron chi connectivity index (χ4n) is 1.96. The normalized spacial score (nSPS) is 10.9. The molecule has 1 heterocycles. The van der Waals surface area contributed by atoms with Gasteiger partial charge in [-0.25, -0.2) is 0 Å². The van der Waals surface area contributed by atoms with E-state index >= 15 is 0 Å². The van der Waals surface area contributed by atoms with Crippen molar-refractivity contribution in [1.29, 1.82) is 0 Å². The Hall–Kier alpha value is -1.45. The van der Waals surface area contributed by atoms with Crippen LogP contribution in [0.25, 0.3) is 0 Å². The summed E-state index contributed by atoms with van der Waals surface area (Å²) in [5.41, 5.74) is 2.41. The summed E-state index contributed by atoms with van der Waals surface area (Å²) in [5.74, 6) is 1.50. The second kappa shape index (κ2) is 7.22. The quantitative estimate of drug-likeness (QED) is 0.725. The molecule has 0 amide bonds. The van der Waals surface area contributed by atoms with E-state index in [9.17, 15) is 0 Å². The number of hydrogen-bond acceptors (Lipinski definition) is 3. The highest BCUT2D eigenvalue weighted by Gasteiger charge is 2.07. The van der Waals surface area contributed by atoms with Gasteiger partial charge in [-0.05, 0) is 23.8 Å². The molecular weight excluding hydrogens is 262 g/mol. The third-order valence-corrected chi connectivity index (χ3v) is 3.12. The van der Waals surface area contributed by atoms with E-state index in [4.69, 9.17) is 20.8 Å². The molecule has 0 aliphatic heterocycles. The van der Waals surface area contributed by atoms with Crippen LogP contribution in [0, 0.1) is 0 Å². The molecule has 0 saturated heterocycles. The second-order valence-corrected chi connectivity index (χ2v) is 4.76. The van der Waals surface area contributed by atoms with Crippen LogP contribution in [0.4, 0.5) is 0 Å². The van der Waals surface area contributed by atoms with Crippen molar-refractivity contribution in [2.75, 3.05) is 19.5 Å². The molecule has 4 heteroatoms.